The average molecular weight is 525 g/mol. The van der Waals surface area contributed by atoms with Crippen molar-refractivity contribution < 1.29 is 13.9 Å². The van der Waals surface area contributed by atoms with Gasteiger partial charge in [-0.3, -0.25) is 9.78 Å². The number of anilines is 1. The van der Waals surface area contributed by atoms with Gasteiger partial charge in [0.2, 0.25) is 0 Å². The van der Waals surface area contributed by atoms with E-state index in [2.05, 4.69) is 15.3 Å². The third-order valence-electron chi connectivity index (χ3n) is 6.31. The number of pyridine rings is 2. The zero-order valence-corrected chi connectivity index (χ0v) is 21.2. The molecule has 2 aromatic carbocycles. The molecule has 1 aliphatic heterocycles. The van der Waals surface area contributed by atoms with Crippen LogP contribution in [0.4, 0.5) is 10.1 Å². The molecule has 0 spiro atoms. The number of para-hydroxylation sites is 1. The second kappa shape index (κ2) is 9.91. The minimum Gasteiger partial charge on any atom is -0.493 e. The van der Waals surface area contributed by atoms with Crippen LogP contribution in [0.2, 0.25) is 10.0 Å². The van der Waals surface area contributed by atoms with Crippen molar-refractivity contribution in [3.8, 4) is 16.9 Å². The highest BCUT2D eigenvalue weighted by Gasteiger charge is 2.25. The number of ether oxygens (including phenoxy) is 1. The van der Waals surface area contributed by atoms with Gasteiger partial charge >= 0.3 is 0 Å². The van der Waals surface area contributed by atoms with Crippen molar-refractivity contribution in [2.75, 3.05) is 32.1 Å². The molecular formula is C27H23Cl2FN4O2. The van der Waals surface area contributed by atoms with Gasteiger partial charge in [0.05, 0.1) is 34.1 Å². The highest BCUT2D eigenvalue weighted by atomic mass is 35.5. The van der Waals surface area contributed by atoms with E-state index in [-0.39, 0.29) is 27.9 Å². The summed E-state index contributed by atoms with van der Waals surface area (Å²) in [5, 5.41) is 3.56. The standard InChI is InChI=1S/C27H23Cl2FN4O2/c1-34(2)26-18(27(35)33-12-15-10-11-36-21-9-4-3-6-16(15)21)13-31-24-22(20(30)14-32-25(24)26)17-7-5-8-19(28)23(17)29/h3-9,13-15H,10-12H2,1-2H3,(H,33,35). The van der Waals surface area contributed by atoms with Crippen LogP contribution in [0.3, 0.4) is 0 Å². The first-order valence-electron chi connectivity index (χ1n) is 11.5. The number of hydrogen-bond acceptors (Lipinski definition) is 5. The molecule has 0 radical (unpaired) electrons. The van der Waals surface area contributed by atoms with Crippen LogP contribution in [0, 0.1) is 5.82 Å². The predicted molar refractivity (Wildman–Crippen MR) is 141 cm³/mol. The van der Waals surface area contributed by atoms with E-state index >= 15 is 4.39 Å². The number of nitrogens with zero attached hydrogens (tertiary/aromatic N) is 3. The van der Waals surface area contributed by atoms with Crippen molar-refractivity contribution in [1.29, 1.82) is 0 Å². The van der Waals surface area contributed by atoms with Crippen LogP contribution >= 0.6 is 23.2 Å². The second-order valence-corrected chi connectivity index (χ2v) is 9.56. The van der Waals surface area contributed by atoms with Crippen LogP contribution < -0.4 is 15.0 Å². The number of halogens is 3. The maximum atomic E-state index is 15.0. The van der Waals surface area contributed by atoms with Gasteiger partial charge in [-0.25, -0.2) is 9.37 Å². The Labute approximate surface area is 218 Å². The van der Waals surface area contributed by atoms with E-state index in [1.807, 2.05) is 24.3 Å². The van der Waals surface area contributed by atoms with E-state index in [0.29, 0.717) is 40.5 Å². The molecule has 36 heavy (non-hydrogen) atoms. The number of amides is 1. The quantitative estimate of drug-likeness (QED) is 0.341. The summed E-state index contributed by atoms with van der Waals surface area (Å²) in [7, 11) is 3.61. The summed E-state index contributed by atoms with van der Waals surface area (Å²) in [6, 6.07) is 12.9. The van der Waals surface area contributed by atoms with Crippen LogP contribution in [0.15, 0.2) is 54.9 Å². The Morgan fingerprint density at radius 3 is 2.69 bits per heavy atom. The minimum atomic E-state index is -0.584. The largest absolute Gasteiger partial charge is 0.493 e. The van der Waals surface area contributed by atoms with E-state index in [4.69, 9.17) is 27.9 Å². The van der Waals surface area contributed by atoms with Gasteiger partial charge in [-0.1, -0.05) is 53.5 Å². The third-order valence-corrected chi connectivity index (χ3v) is 7.13. The summed E-state index contributed by atoms with van der Waals surface area (Å²) in [4.78, 5) is 23.9. The lowest BCUT2D eigenvalue weighted by Gasteiger charge is -2.26. The molecule has 0 saturated heterocycles. The molecule has 184 valence electrons. The van der Waals surface area contributed by atoms with Crippen LogP contribution in [0.1, 0.15) is 28.3 Å². The molecule has 6 nitrogen and oxygen atoms in total. The topological polar surface area (TPSA) is 67.4 Å². The summed E-state index contributed by atoms with van der Waals surface area (Å²) in [6.45, 7) is 1.05. The van der Waals surface area contributed by atoms with Gasteiger partial charge in [0.15, 0.2) is 5.82 Å². The van der Waals surface area contributed by atoms with Crippen LogP contribution in [-0.4, -0.2) is 43.1 Å². The summed E-state index contributed by atoms with van der Waals surface area (Å²) in [5.41, 5.74) is 3.21. The highest BCUT2D eigenvalue weighted by Crippen LogP contribution is 2.40. The number of benzene rings is 2. The Kier molecular flexibility index (Phi) is 6.69. The number of aromatic nitrogens is 2. The molecule has 1 amide bonds. The summed E-state index contributed by atoms with van der Waals surface area (Å²) < 4.78 is 20.8. The summed E-state index contributed by atoms with van der Waals surface area (Å²) >= 11 is 12.6. The van der Waals surface area contributed by atoms with Crippen molar-refractivity contribution >= 4 is 45.8 Å². The Morgan fingerprint density at radius 1 is 1.11 bits per heavy atom. The number of hydrogen-bond donors (Lipinski definition) is 1. The average Bonchev–Trinajstić information content (AvgIpc) is 2.88. The number of rotatable bonds is 5. The molecule has 1 aliphatic rings. The molecule has 1 unspecified atom stereocenters. The molecule has 0 aliphatic carbocycles. The monoisotopic (exact) mass is 524 g/mol. The Morgan fingerprint density at radius 2 is 1.89 bits per heavy atom. The fourth-order valence-electron chi connectivity index (χ4n) is 4.61. The first-order chi connectivity index (χ1) is 17.4. The molecule has 9 heteroatoms. The summed E-state index contributed by atoms with van der Waals surface area (Å²) in [6.07, 6.45) is 3.37. The molecule has 0 bridgehead atoms. The third kappa shape index (κ3) is 4.33. The maximum absolute atomic E-state index is 15.0. The maximum Gasteiger partial charge on any atom is 0.255 e. The van der Waals surface area contributed by atoms with E-state index in [0.717, 1.165) is 23.9 Å². The van der Waals surface area contributed by atoms with Gasteiger partial charge in [-0.15, -0.1) is 0 Å². The lowest BCUT2D eigenvalue weighted by Crippen LogP contribution is -2.32. The Hall–Kier alpha value is -3.42. The minimum absolute atomic E-state index is 0.138. The zero-order valence-electron chi connectivity index (χ0n) is 19.7. The van der Waals surface area contributed by atoms with E-state index < -0.39 is 5.82 Å². The smallest absolute Gasteiger partial charge is 0.255 e. The van der Waals surface area contributed by atoms with E-state index in [9.17, 15) is 4.79 Å². The Balaban J connectivity index is 1.53. The van der Waals surface area contributed by atoms with Gasteiger partial charge < -0.3 is 15.0 Å². The van der Waals surface area contributed by atoms with Crippen molar-refractivity contribution in [3.63, 3.8) is 0 Å². The molecular weight excluding hydrogens is 502 g/mol. The van der Waals surface area contributed by atoms with E-state index in [1.54, 1.807) is 37.2 Å². The number of carbonyl (C=O) groups is 1. The fourth-order valence-corrected chi connectivity index (χ4v) is 5.00. The van der Waals surface area contributed by atoms with E-state index in [1.165, 1.54) is 6.20 Å². The zero-order chi connectivity index (χ0) is 25.4. The van der Waals surface area contributed by atoms with Gasteiger partial charge in [0.25, 0.3) is 5.91 Å². The van der Waals surface area contributed by atoms with Crippen molar-refractivity contribution in [3.05, 3.63) is 81.8 Å². The number of fused-ring (bicyclic) bond motifs is 2. The lowest BCUT2D eigenvalue weighted by atomic mass is 9.93. The highest BCUT2D eigenvalue weighted by molar-refractivity contribution is 6.44. The lowest BCUT2D eigenvalue weighted by molar-refractivity contribution is 0.0948. The fraction of sp³-hybridized carbons (Fsp3) is 0.222. The molecule has 4 aromatic rings. The first kappa shape index (κ1) is 24.3. The summed E-state index contributed by atoms with van der Waals surface area (Å²) in [5.74, 6) is 0.117. The SMILES string of the molecule is CN(C)c1c(C(=O)NCC2CCOc3ccccc32)cnc2c(-c3cccc(Cl)c3Cl)c(F)cnc12. The molecule has 0 saturated carbocycles. The van der Waals surface area contributed by atoms with Crippen LogP contribution in [0.5, 0.6) is 5.75 Å². The van der Waals surface area contributed by atoms with Gasteiger partial charge in [0, 0.05) is 43.9 Å². The second-order valence-electron chi connectivity index (χ2n) is 8.78. The first-order valence-corrected chi connectivity index (χ1v) is 12.2. The number of carbonyl (C=O) groups excluding carboxylic acids is 1. The molecule has 5 rings (SSSR count). The normalized spacial score (nSPS) is 14.8. The van der Waals surface area contributed by atoms with Crippen molar-refractivity contribution in [2.45, 2.75) is 12.3 Å². The molecule has 1 N–H and O–H groups in total. The van der Waals surface area contributed by atoms with Crippen molar-refractivity contribution in [2.24, 2.45) is 0 Å². The van der Waals surface area contributed by atoms with Gasteiger partial charge in [-0.05, 0) is 24.1 Å². The predicted octanol–water partition coefficient (Wildman–Crippen LogP) is 6.10. The molecule has 3 heterocycles. The molecule has 2 aromatic heterocycles. The van der Waals surface area contributed by atoms with Gasteiger partial charge in [-0.2, -0.15) is 0 Å². The van der Waals surface area contributed by atoms with Crippen LogP contribution in [0.25, 0.3) is 22.2 Å². The molecule has 1 atom stereocenters. The number of nitrogens with one attached hydrogen (secondary N) is 1. The Bertz CT molecular complexity index is 1480. The van der Waals surface area contributed by atoms with Gasteiger partial charge in [0.1, 0.15) is 16.8 Å². The van der Waals surface area contributed by atoms with Crippen LogP contribution in [-0.2, 0) is 0 Å². The van der Waals surface area contributed by atoms with Crippen molar-refractivity contribution in [1.82, 2.24) is 15.3 Å². The molecule has 0 fully saturated rings.